The number of thioether (sulfide) groups is 1. The SMILES string of the molecule is CCOc1cc(CNCC2CCCS2)ccc1OC(F)F. The summed E-state index contributed by atoms with van der Waals surface area (Å²) in [5.74, 6) is 1.70. The lowest BCUT2D eigenvalue weighted by molar-refractivity contribution is -0.0514. The number of hydrogen-bond donors (Lipinski definition) is 1. The predicted octanol–water partition coefficient (Wildman–Crippen LogP) is 3.67. The van der Waals surface area contributed by atoms with Gasteiger partial charge in [0.25, 0.3) is 0 Å². The van der Waals surface area contributed by atoms with Gasteiger partial charge in [-0.1, -0.05) is 6.07 Å². The first-order chi connectivity index (χ1) is 10.2. The summed E-state index contributed by atoms with van der Waals surface area (Å²) < 4.78 is 34.5. The minimum Gasteiger partial charge on any atom is -0.490 e. The van der Waals surface area contributed by atoms with Crippen LogP contribution in [0.25, 0.3) is 0 Å². The molecule has 1 fully saturated rings. The summed E-state index contributed by atoms with van der Waals surface area (Å²) in [5.41, 5.74) is 1.00. The van der Waals surface area contributed by atoms with Gasteiger partial charge in [0.2, 0.25) is 0 Å². The molecule has 2 rings (SSSR count). The van der Waals surface area contributed by atoms with Gasteiger partial charge in [-0.3, -0.25) is 0 Å². The van der Waals surface area contributed by atoms with Crippen LogP contribution in [0.3, 0.4) is 0 Å². The van der Waals surface area contributed by atoms with E-state index in [0.29, 0.717) is 24.2 Å². The molecule has 3 nitrogen and oxygen atoms in total. The normalized spacial score (nSPS) is 18.2. The summed E-state index contributed by atoms with van der Waals surface area (Å²) >= 11 is 2.01. The Morgan fingerprint density at radius 2 is 2.24 bits per heavy atom. The smallest absolute Gasteiger partial charge is 0.387 e. The lowest BCUT2D eigenvalue weighted by atomic mass is 10.2. The molecule has 0 amide bonds. The van der Waals surface area contributed by atoms with Crippen LogP contribution in [0.5, 0.6) is 11.5 Å². The molecule has 21 heavy (non-hydrogen) atoms. The summed E-state index contributed by atoms with van der Waals surface area (Å²) in [6.07, 6.45) is 2.56. The van der Waals surface area contributed by atoms with Crippen LogP contribution in [0, 0.1) is 0 Å². The third-order valence-electron chi connectivity index (χ3n) is 3.25. The number of alkyl halides is 2. The number of ether oxygens (including phenoxy) is 2. The first-order valence-corrected chi connectivity index (χ1v) is 8.26. The lowest BCUT2D eigenvalue weighted by Gasteiger charge is -2.14. The van der Waals surface area contributed by atoms with Crippen LogP contribution < -0.4 is 14.8 Å². The Morgan fingerprint density at radius 1 is 1.38 bits per heavy atom. The largest absolute Gasteiger partial charge is 0.490 e. The zero-order chi connectivity index (χ0) is 15.1. The van der Waals surface area contributed by atoms with Crippen molar-refractivity contribution < 1.29 is 18.3 Å². The van der Waals surface area contributed by atoms with Gasteiger partial charge in [0.1, 0.15) is 0 Å². The van der Waals surface area contributed by atoms with E-state index >= 15 is 0 Å². The summed E-state index contributed by atoms with van der Waals surface area (Å²) in [4.78, 5) is 0. The molecule has 1 atom stereocenters. The maximum Gasteiger partial charge on any atom is 0.387 e. The van der Waals surface area contributed by atoms with E-state index in [1.807, 2.05) is 18.7 Å². The molecule has 1 aliphatic rings. The van der Waals surface area contributed by atoms with Crippen molar-refractivity contribution in [1.82, 2.24) is 5.32 Å². The van der Waals surface area contributed by atoms with Crippen molar-refractivity contribution in [3.05, 3.63) is 23.8 Å². The van der Waals surface area contributed by atoms with Crippen molar-refractivity contribution in [3.63, 3.8) is 0 Å². The Hall–Kier alpha value is -1.01. The van der Waals surface area contributed by atoms with E-state index in [2.05, 4.69) is 10.1 Å². The fraction of sp³-hybridized carbons (Fsp3) is 0.600. The summed E-state index contributed by atoms with van der Waals surface area (Å²) in [5, 5.41) is 4.10. The van der Waals surface area contributed by atoms with Gasteiger partial charge in [-0.2, -0.15) is 20.5 Å². The van der Waals surface area contributed by atoms with Crippen LogP contribution in [0.2, 0.25) is 0 Å². The Morgan fingerprint density at radius 3 is 2.90 bits per heavy atom. The second-order valence-electron chi connectivity index (χ2n) is 4.86. The standard InChI is InChI=1S/C15H21F2NO2S/c1-2-19-14-8-11(5-6-13(14)20-15(16)17)9-18-10-12-4-3-7-21-12/h5-6,8,12,15,18H,2-4,7,9-10H2,1H3. The molecule has 0 spiro atoms. The monoisotopic (exact) mass is 317 g/mol. The zero-order valence-electron chi connectivity index (χ0n) is 12.1. The topological polar surface area (TPSA) is 30.5 Å². The Labute approximate surface area is 128 Å². The van der Waals surface area contributed by atoms with Crippen LogP contribution in [0.4, 0.5) is 8.78 Å². The van der Waals surface area contributed by atoms with E-state index in [1.54, 1.807) is 18.2 Å². The molecule has 1 aromatic carbocycles. The van der Waals surface area contributed by atoms with Crippen molar-refractivity contribution in [3.8, 4) is 11.5 Å². The van der Waals surface area contributed by atoms with Crippen LogP contribution in [0.15, 0.2) is 18.2 Å². The van der Waals surface area contributed by atoms with Crippen molar-refractivity contribution in [2.75, 3.05) is 18.9 Å². The highest BCUT2D eigenvalue weighted by molar-refractivity contribution is 8.00. The molecular formula is C15H21F2NO2S. The van der Waals surface area contributed by atoms with Crippen molar-refractivity contribution in [2.24, 2.45) is 0 Å². The molecule has 1 unspecified atom stereocenters. The first-order valence-electron chi connectivity index (χ1n) is 7.22. The molecule has 118 valence electrons. The van der Waals surface area contributed by atoms with Gasteiger partial charge in [-0.25, -0.2) is 0 Å². The van der Waals surface area contributed by atoms with E-state index in [9.17, 15) is 8.78 Å². The first kappa shape index (κ1) is 16.4. The molecular weight excluding hydrogens is 296 g/mol. The van der Waals surface area contributed by atoms with E-state index in [-0.39, 0.29) is 5.75 Å². The number of nitrogens with one attached hydrogen (secondary N) is 1. The molecule has 1 aliphatic heterocycles. The molecule has 6 heteroatoms. The molecule has 0 aromatic heterocycles. The zero-order valence-corrected chi connectivity index (χ0v) is 12.9. The molecule has 0 radical (unpaired) electrons. The average molecular weight is 317 g/mol. The third-order valence-corrected chi connectivity index (χ3v) is 4.65. The molecule has 1 heterocycles. The summed E-state index contributed by atoms with van der Waals surface area (Å²) in [7, 11) is 0. The Kier molecular flexibility index (Phi) is 6.57. The highest BCUT2D eigenvalue weighted by Crippen LogP contribution is 2.30. The highest BCUT2D eigenvalue weighted by Gasteiger charge is 2.15. The molecule has 0 aliphatic carbocycles. The van der Waals surface area contributed by atoms with Crippen LogP contribution in [-0.4, -0.2) is 30.8 Å². The molecule has 0 bridgehead atoms. The molecule has 0 saturated carbocycles. The van der Waals surface area contributed by atoms with Crippen molar-refractivity contribution in [2.45, 2.75) is 38.2 Å². The van der Waals surface area contributed by atoms with E-state index < -0.39 is 6.61 Å². The lowest BCUT2D eigenvalue weighted by Crippen LogP contribution is -2.22. The van der Waals surface area contributed by atoms with Crippen LogP contribution >= 0.6 is 11.8 Å². The van der Waals surface area contributed by atoms with Gasteiger partial charge in [0.15, 0.2) is 11.5 Å². The van der Waals surface area contributed by atoms with Crippen LogP contribution in [-0.2, 0) is 6.54 Å². The fourth-order valence-electron chi connectivity index (χ4n) is 2.31. The third kappa shape index (κ3) is 5.36. The van der Waals surface area contributed by atoms with Gasteiger partial charge >= 0.3 is 6.61 Å². The number of hydrogen-bond acceptors (Lipinski definition) is 4. The maximum absolute atomic E-state index is 12.3. The Bertz CT molecular complexity index is 440. The quantitative estimate of drug-likeness (QED) is 0.792. The summed E-state index contributed by atoms with van der Waals surface area (Å²) in [6.45, 7) is 1.06. The average Bonchev–Trinajstić information content (AvgIpc) is 2.94. The van der Waals surface area contributed by atoms with E-state index in [0.717, 1.165) is 12.1 Å². The van der Waals surface area contributed by atoms with Gasteiger partial charge in [-0.05, 0) is 43.2 Å². The van der Waals surface area contributed by atoms with Gasteiger partial charge < -0.3 is 14.8 Å². The number of benzene rings is 1. The Balaban J connectivity index is 1.91. The highest BCUT2D eigenvalue weighted by atomic mass is 32.2. The van der Waals surface area contributed by atoms with E-state index in [4.69, 9.17) is 4.74 Å². The molecule has 1 aromatic rings. The second kappa shape index (κ2) is 8.44. The molecule has 1 saturated heterocycles. The van der Waals surface area contributed by atoms with Crippen LogP contribution in [0.1, 0.15) is 25.3 Å². The number of rotatable bonds is 8. The number of halogens is 2. The summed E-state index contributed by atoms with van der Waals surface area (Å²) in [6, 6.07) is 5.09. The van der Waals surface area contributed by atoms with Gasteiger partial charge in [0.05, 0.1) is 6.61 Å². The molecule has 1 N–H and O–H groups in total. The van der Waals surface area contributed by atoms with Gasteiger partial charge in [0, 0.05) is 18.3 Å². The van der Waals surface area contributed by atoms with Crippen molar-refractivity contribution >= 4 is 11.8 Å². The van der Waals surface area contributed by atoms with Crippen molar-refractivity contribution in [1.29, 1.82) is 0 Å². The van der Waals surface area contributed by atoms with E-state index in [1.165, 1.54) is 18.6 Å². The predicted molar refractivity (Wildman–Crippen MR) is 81.4 cm³/mol. The maximum atomic E-state index is 12.3. The fourth-order valence-corrected chi connectivity index (χ4v) is 3.54. The van der Waals surface area contributed by atoms with Gasteiger partial charge in [-0.15, -0.1) is 0 Å². The minimum absolute atomic E-state index is 0.0851. The minimum atomic E-state index is -2.84. The second-order valence-corrected chi connectivity index (χ2v) is 6.27.